The number of aryl methyl sites for hydroxylation is 1. The Morgan fingerprint density at radius 1 is 1.00 bits per heavy atom. The smallest absolute Gasteiger partial charge is 0.237 e. The number of ether oxygens (including phenoxy) is 2. The molecular weight excluding hydrogens is 416 g/mol. The van der Waals surface area contributed by atoms with E-state index in [-0.39, 0.29) is 11.9 Å². The van der Waals surface area contributed by atoms with E-state index in [0.717, 1.165) is 75.2 Å². The lowest BCUT2D eigenvalue weighted by Gasteiger charge is -2.34. The van der Waals surface area contributed by atoms with Gasteiger partial charge in [-0.25, -0.2) is 0 Å². The monoisotopic (exact) mass is 452 g/mol. The van der Waals surface area contributed by atoms with Crippen molar-refractivity contribution in [1.82, 2.24) is 9.80 Å². The summed E-state index contributed by atoms with van der Waals surface area (Å²) in [5.41, 5.74) is 2.34. The van der Waals surface area contributed by atoms with Crippen LogP contribution in [0.3, 0.4) is 0 Å². The zero-order chi connectivity index (χ0) is 23.2. The summed E-state index contributed by atoms with van der Waals surface area (Å²) in [7, 11) is 3.32. The number of carbonyl (C=O) groups is 1. The molecule has 4 rings (SSSR count). The van der Waals surface area contributed by atoms with Crippen LogP contribution in [0.15, 0.2) is 42.5 Å². The van der Waals surface area contributed by atoms with Crippen molar-refractivity contribution in [2.45, 2.75) is 44.6 Å². The zero-order valence-corrected chi connectivity index (χ0v) is 19.8. The van der Waals surface area contributed by atoms with Gasteiger partial charge in [-0.05, 0) is 87.4 Å². The summed E-state index contributed by atoms with van der Waals surface area (Å²) in [6.07, 6.45) is 6.47. The number of phenols is 1. The minimum atomic E-state index is 0.0706. The van der Waals surface area contributed by atoms with Crippen LogP contribution in [0.1, 0.15) is 49.3 Å². The molecule has 0 aromatic heterocycles. The highest BCUT2D eigenvalue weighted by Crippen LogP contribution is 2.38. The minimum Gasteiger partial charge on any atom is -0.508 e. The maximum absolute atomic E-state index is 13.2. The van der Waals surface area contributed by atoms with Crippen LogP contribution in [-0.2, 0) is 11.2 Å². The number of hydrogen-bond acceptors (Lipinski definition) is 5. The van der Waals surface area contributed by atoms with Gasteiger partial charge in [0, 0.05) is 18.2 Å². The van der Waals surface area contributed by atoms with Crippen molar-refractivity contribution >= 4 is 5.91 Å². The quantitative estimate of drug-likeness (QED) is 0.643. The Labute approximate surface area is 197 Å². The van der Waals surface area contributed by atoms with Crippen LogP contribution in [-0.4, -0.2) is 61.2 Å². The summed E-state index contributed by atoms with van der Waals surface area (Å²) in [5.74, 6) is 2.79. The maximum Gasteiger partial charge on any atom is 0.237 e. The number of aromatic hydroxyl groups is 1. The van der Waals surface area contributed by atoms with E-state index in [9.17, 15) is 9.90 Å². The van der Waals surface area contributed by atoms with Crippen LogP contribution in [0, 0.1) is 5.92 Å². The second kappa shape index (κ2) is 10.9. The van der Waals surface area contributed by atoms with Gasteiger partial charge in [0.05, 0.1) is 26.8 Å². The standard InChI is InChI=1S/C27H36N2O4/c1-32-23-11-12-24(26(18-23)33-2)25-4-3-15-29(25)27(31)19-28-16-13-21(14-17-28)6-5-20-7-9-22(30)10-8-20/h7-12,18,21,25,30H,3-6,13-17,19H2,1-2H3. The Kier molecular flexibility index (Phi) is 7.76. The molecule has 2 aliphatic heterocycles. The van der Waals surface area contributed by atoms with Crippen LogP contribution in [0.4, 0.5) is 0 Å². The van der Waals surface area contributed by atoms with E-state index in [0.29, 0.717) is 18.2 Å². The molecule has 1 unspecified atom stereocenters. The van der Waals surface area contributed by atoms with Crippen LogP contribution < -0.4 is 9.47 Å². The molecular formula is C27H36N2O4. The predicted octanol–water partition coefficient (Wildman–Crippen LogP) is 4.42. The summed E-state index contributed by atoms with van der Waals surface area (Å²) in [6.45, 7) is 3.27. The largest absolute Gasteiger partial charge is 0.508 e. The molecule has 6 nitrogen and oxygen atoms in total. The van der Waals surface area contributed by atoms with E-state index < -0.39 is 0 Å². The molecule has 1 atom stereocenters. The van der Waals surface area contributed by atoms with Crippen LogP contribution in [0.2, 0.25) is 0 Å². The Hall–Kier alpha value is -2.73. The van der Waals surface area contributed by atoms with Gasteiger partial charge in [-0.15, -0.1) is 0 Å². The highest BCUT2D eigenvalue weighted by molar-refractivity contribution is 5.79. The lowest BCUT2D eigenvalue weighted by atomic mass is 9.90. The Bertz CT molecular complexity index is 922. The average Bonchev–Trinajstić information content (AvgIpc) is 3.34. The summed E-state index contributed by atoms with van der Waals surface area (Å²) >= 11 is 0. The summed E-state index contributed by atoms with van der Waals surface area (Å²) in [4.78, 5) is 17.6. The first-order valence-corrected chi connectivity index (χ1v) is 12.1. The number of hydrogen-bond donors (Lipinski definition) is 1. The van der Waals surface area contributed by atoms with Crippen LogP contribution in [0.5, 0.6) is 17.2 Å². The molecule has 0 spiro atoms. The number of amides is 1. The van der Waals surface area contributed by atoms with Gasteiger partial charge in [0.15, 0.2) is 0 Å². The molecule has 6 heteroatoms. The first-order valence-electron chi connectivity index (χ1n) is 12.1. The third-order valence-electron chi connectivity index (χ3n) is 7.22. The van der Waals surface area contributed by atoms with E-state index in [2.05, 4.69) is 4.90 Å². The topological polar surface area (TPSA) is 62.2 Å². The predicted molar refractivity (Wildman–Crippen MR) is 129 cm³/mol. The van der Waals surface area contributed by atoms with Crippen molar-refractivity contribution in [3.63, 3.8) is 0 Å². The molecule has 2 fully saturated rings. The molecule has 0 bridgehead atoms. The Balaban J connectivity index is 1.28. The fourth-order valence-corrected chi connectivity index (χ4v) is 5.23. The van der Waals surface area contributed by atoms with Crippen molar-refractivity contribution in [1.29, 1.82) is 0 Å². The van der Waals surface area contributed by atoms with Crippen LogP contribution >= 0.6 is 0 Å². The number of rotatable bonds is 8. The molecule has 2 saturated heterocycles. The second-order valence-corrected chi connectivity index (χ2v) is 9.28. The van der Waals surface area contributed by atoms with Crippen LogP contribution in [0.25, 0.3) is 0 Å². The number of likely N-dealkylation sites (tertiary alicyclic amines) is 2. The van der Waals surface area contributed by atoms with Gasteiger partial charge in [-0.1, -0.05) is 12.1 Å². The molecule has 33 heavy (non-hydrogen) atoms. The molecule has 0 radical (unpaired) electrons. The van der Waals surface area contributed by atoms with Crippen molar-refractivity contribution < 1.29 is 19.4 Å². The molecule has 0 saturated carbocycles. The molecule has 2 heterocycles. The highest BCUT2D eigenvalue weighted by Gasteiger charge is 2.33. The summed E-state index contributed by atoms with van der Waals surface area (Å²) in [6, 6.07) is 13.5. The Morgan fingerprint density at radius 3 is 2.45 bits per heavy atom. The fourth-order valence-electron chi connectivity index (χ4n) is 5.23. The van der Waals surface area contributed by atoms with Crippen molar-refractivity contribution in [2.24, 2.45) is 5.92 Å². The van der Waals surface area contributed by atoms with Crippen molar-refractivity contribution in [3.05, 3.63) is 53.6 Å². The van der Waals surface area contributed by atoms with Gasteiger partial charge in [-0.3, -0.25) is 9.69 Å². The lowest BCUT2D eigenvalue weighted by Crippen LogP contribution is -2.43. The van der Waals surface area contributed by atoms with E-state index in [1.54, 1.807) is 26.4 Å². The van der Waals surface area contributed by atoms with Gasteiger partial charge in [-0.2, -0.15) is 0 Å². The van der Waals surface area contributed by atoms with Gasteiger partial charge in [0.25, 0.3) is 0 Å². The second-order valence-electron chi connectivity index (χ2n) is 9.28. The number of carbonyl (C=O) groups excluding carboxylic acids is 1. The van der Waals surface area contributed by atoms with Crippen molar-refractivity contribution in [3.8, 4) is 17.2 Å². The normalized spacial score (nSPS) is 19.6. The van der Waals surface area contributed by atoms with E-state index >= 15 is 0 Å². The third-order valence-corrected chi connectivity index (χ3v) is 7.22. The average molecular weight is 453 g/mol. The van der Waals surface area contributed by atoms with Gasteiger partial charge in [0.2, 0.25) is 5.91 Å². The number of piperidine rings is 1. The zero-order valence-electron chi connectivity index (χ0n) is 19.8. The third kappa shape index (κ3) is 5.80. The van der Waals surface area contributed by atoms with Gasteiger partial charge >= 0.3 is 0 Å². The molecule has 1 N–H and O–H groups in total. The molecule has 2 aromatic carbocycles. The molecule has 1 amide bonds. The first kappa shape index (κ1) is 23.4. The first-order chi connectivity index (χ1) is 16.1. The van der Waals surface area contributed by atoms with Gasteiger partial charge < -0.3 is 19.5 Å². The molecule has 178 valence electrons. The molecule has 2 aromatic rings. The fraction of sp³-hybridized carbons (Fsp3) is 0.519. The van der Waals surface area contributed by atoms with E-state index in [4.69, 9.17) is 9.47 Å². The molecule has 2 aliphatic rings. The Morgan fingerprint density at radius 2 is 1.76 bits per heavy atom. The maximum atomic E-state index is 13.2. The minimum absolute atomic E-state index is 0.0706. The lowest BCUT2D eigenvalue weighted by molar-refractivity contribution is -0.133. The summed E-state index contributed by atoms with van der Waals surface area (Å²) < 4.78 is 10.9. The molecule has 0 aliphatic carbocycles. The number of benzene rings is 2. The van der Waals surface area contributed by atoms with E-state index in [1.165, 1.54) is 5.56 Å². The van der Waals surface area contributed by atoms with Gasteiger partial charge in [0.1, 0.15) is 17.2 Å². The SMILES string of the molecule is COc1ccc(C2CCCN2C(=O)CN2CCC(CCc3ccc(O)cc3)CC2)c(OC)c1. The number of nitrogens with zero attached hydrogens (tertiary/aromatic N) is 2. The van der Waals surface area contributed by atoms with Crippen molar-refractivity contribution in [2.75, 3.05) is 40.4 Å². The van der Waals surface area contributed by atoms with E-state index in [1.807, 2.05) is 35.2 Å². The number of methoxy groups -OCH3 is 2. The summed E-state index contributed by atoms with van der Waals surface area (Å²) in [5, 5.41) is 9.43. The highest BCUT2D eigenvalue weighted by atomic mass is 16.5. The number of phenolic OH excluding ortho intramolecular Hbond substituents is 1.